The van der Waals surface area contributed by atoms with Gasteiger partial charge in [-0.15, -0.1) is 0 Å². The highest BCUT2D eigenvalue weighted by Crippen LogP contribution is 2.43. The zero-order valence-electron chi connectivity index (χ0n) is 14.1. The molecule has 8 heteroatoms. The van der Waals surface area contributed by atoms with E-state index >= 15 is 0 Å². The summed E-state index contributed by atoms with van der Waals surface area (Å²) >= 11 is 0. The van der Waals surface area contributed by atoms with Crippen LogP contribution in [-0.4, -0.2) is 57.6 Å². The minimum absolute atomic E-state index is 0.234. The molecule has 27 heavy (non-hydrogen) atoms. The van der Waals surface area contributed by atoms with E-state index in [-0.39, 0.29) is 12.6 Å². The van der Waals surface area contributed by atoms with E-state index in [9.17, 15) is 24.8 Å². The lowest BCUT2D eigenvalue weighted by atomic mass is 10.0. The third-order valence-corrected chi connectivity index (χ3v) is 5.77. The Morgan fingerprint density at radius 2 is 1.89 bits per heavy atom. The topological polar surface area (TPSA) is 105 Å². The first-order valence-corrected chi connectivity index (χ1v) is 8.60. The molecule has 2 aromatic rings. The van der Waals surface area contributed by atoms with Crippen LogP contribution in [0.4, 0.5) is 15.3 Å². The standard InChI is InChI=1S/C19H14N4O4/c20-8-10-5-6-14(13-4-2-1-3-12(10)13)23-17(24)16-15-7-11(22(16)18(23)25)9-21(15)19(26)27/h1-6,11,15-16H,7,9H2,(H,26,27)/t11-,15-,16+/m0/s1. The number of fused-ring (bicyclic) bond motifs is 6. The zero-order chi connectivity index (χ0) is 18.9. The normalized spacial score (nSPS) is 26.0. The van der Waals surface area contributed by atoms with Gasteiger partial charge in [0.2, 0.25) is 0 Å². The van der Waals surface area contributed by atoms with Crippen molar-refractivity contribution < 1.29 is 19.5 Å². The number of nitrogens with zero attached hydrogens (tertiary/aromatic N) is 4. The van der Waals surface area contributed by atoms with Gasteiger partial charge in [0.05, 0.1) is 29.4 Å². The maximum absolute atomic E-state index is 13.1. The van der Waals surface area contributed by atoms with Crippen LogP contribution in [0, 0.1) is 11.3 Å². The number of urea groups is 1. The zero-order valence-corrected chi connectivity index (χ0v) is 14.1. The lowest BCUT2D eigenvalue weighted by molar-refractivity contribution is -0.121. The number of carbonyl (C=O) groups excluding carboxylic acids is 2. The molecule has 3 atom stereocenters. The number of carboxylic acid groups (broad SMARTS) is 1. The highest BCUT2D eigenvalue weighted by atomic mass is 16.4. The van der Waals surface area contributed by atoms with E-state index in [1.807, 2.05) is 0 Å². The number of anilines is 1. The van der Waals surface area contributed by atoms with E-state index in [4.69, 9.17) is 0 Å². The van der Waals surface area contributed by atoms with Gasteiger partial charge in [0.25, 0.3) is 5.91 Å². The molecule has 0 spiro atoms. The summed E-state index contributed by atoms with van der Waals surface area (Å²) in [7, 11) is 0. The Morgan fingerprint density at radius 1 is 1.15 bits per heavy atom. The fourth-order valence-corrected chi connectivity index (χ4v) is 4.67. The molecule has 1 N–H and O–H groups in total. The van der Waals surface area contributed by atoms with Crippen LogP contribution in [0.2, 0.25) is 0 Å². The van der Waals surface area contributed by atoms with Gasteiger partial charge in [0.15, 0.2) is 0 Å². The molecule has 0 aromatic heterocycles. The van der Waals surface area contributed by atoms with Crippen molar-refractivity contribution in [1.29, 1.82) is 5.26 Å². The number of benzene rings is 2. The Labute approximate surface area is 153 Å². The predicted octanol–water partition coefficient (Wildman–Crippen LogP) is 1.98. The first-order valence-electron chi connectivity index (χ1n) is 8.60. The second kappa shape index (κ2) is 5.20. The van der Waals surface area contributed by atoms with Crippen molar-refractivity contribution in [2.24, 2.45) is 0 Å². The van der Waals surface area contributed by atoms with Crippen molar-refractivity contribution in [2.45, 2.75) is 24.5 Å². The smallest absolute Gasteiger partial charge is 0.407 e. The van der Waals surface area contributed by atoms with Crippen LogP contribution < -0.4 is 4.90 Å². The molecule has 3 aliphatic rings. The number of hydrogen-bond acceptors (Lipinski definition) is 4. The number of hydrogen-bond donors (Lipinski definition) is 1. The summed E-state index contributed by atoms with van der Waals surface area (Å²) in [6.45, 7) is 0.234. The molecule has 8 nitrogen and oxygen atoms in total. The Balaban J connectivity index is 1.62. The second-order valence-corrected chi connectivity index (χ2v) is 6.99. The van der Waals surface area contributed by atoms with Gasteiger partial charge < -0.3 is 14.9 Å². The van der Waals surface area contributed by atoms with E-state index < -0.39 is 30.1 Å². The van der Waals surface area contributed by atoms with E-state index in [0.717, 1.165) is 4.90 Å². The summed E-state index contributed by atoms with van der Waals surface area (Å²) in [5.41, 5.74) is 0.890. The molecule has 2 bridgehead atoms. The number of nitriles is 1. The van der Waals surface area contributed by atoms with Crippen LogP contribution in [0.25, 0.3) is 10.8 Å². The first-order chi connectivity index (χ1) is 13.0. The van der Waals surface area contributed by atoms with Crippen molar-refractivity contribution in [1.82, 2.24) is 9.80 Å². The number of piperazine rings is 1. The third kappa shape index (κ3) is 1.88. The van der Waals surface area contributed by atoms with Gasteiger partial charge in [-0.25, -0.2) is 14.5 Å². The fourth-order valence-electron chi connectivity index (χ4n) is 4.67. The van der Waals surface area contributed by atoms with E-state index in [0.29, 0.717) is 28.4 Å². The van der Waals surface area contributed by atoms with Crippen LogP contribution in [0.1, 0.15) is 12.0 Å². The molecule has 0 saturated carbocycles. The molecule has 0 radical (unpaired) electrons. The Morgan fingerprint density at radius 3 is 2.59 bits per heavy atom. The Hall–Kier alpha value is -3.60. The summed E-state index contributed by atoms with van der Waals surface area (Å²) in [4.78, 5) is 41.6. The molecule has 5 rings (SSSR count). The van der Waals surface area contributed by atoms with Crippen LogP contribution in [0.15, 0.2) is 36.4 Å². The van der Waals surface area contributed by atoms with E-state index in [1.165, 1.54) is 9.80 Å². The quantitative estimate of drug-likeness (QED) is 0.781. The predicted molar refractivity (Wildman–Crippen MR) is 94.1 cm³/mol. The van der Waals surface area contributed by atoms with Gasteiger partial charge in [-0.2, -0.15) is 5.26 Å². The van der Waals surface area contributed by atoms with Gasteiger partial charge in [-0.05, 0) is 18.6 Å². The molecular formula is C19H14N4O4. The molecular weight excluding hydrogens is 348 g/mol. The van der Waals surface area contributed by atoms with Gasteiger partial charge >= 0.3 is 12.1 Å². The minimum Gasteiger partial charge on any atom is -0.465 e. The molecule has 3 heterocycles. The largest absolute Gasteiger partial charge is 0.465 e. The molecule has 0 aliphatic carbocycles. The number of likely N-dealkylation sites (tertiary alicyclic amines) is 1. The van der Waals surface area contributed by atoms with Crippen molar-refractivity contribution in [3.63, 3.8) is 0 Å². The van der Waals surface area contributed by atoms with Gasteiger partial charge in [-0.1, -0.05) is 24.3 Å². The molecule has 2 aromatic carbocycles. The van der Waals surface area contributed by atoms with Crippen LogP contribution >= 0.6 is 0 Å². The number of rotatable bonds is 1. The molecule has 3 saturated heterocycles. The molecule has 3 aliphatic heterocycles. The van der Waals surface area contributed by atoms with Crippen LogP contribution in [-0.2, 0) is 4.79 Å². The minimum atomic E-state index is -1.07. The summed E-state index contributed by atoms with van der Waals surface area (Å²) in [6, 6.07) is 10.5. The maximum Gasteiger partial charge on any atom is 0.407 e. The molecule has 4 amide bonds. The highest BCUT2D eigenvalue weighted by molar-refractivity contribution is 6.25. The number of amides is 4. The molecule has 3 fully saturated rings. The number of imide groups is 1. The average molecular weight is 362 g/mol. The van der Waals surface area contributed by atoms with Crippen LogP contribution in [0.3, 0.4) is 0 Å². The summed E-state index contributed by atoms with van der Waals surface area (Å²) in [5.74, 6) is -0.409. The van der Waals surface area contributed by atoms with Gasteiger partial charge in [0, 0.05) is 17.3 Å². The summed E-state index contributed by atoms with van der Waals surface area (Å²) in [5, 5.41) is 20.0. The Bertz CT molecular complexity index is 1080. The van der Waals surface area contributed by atoms with Crippen molar-refractivity contribution in [3.05, 3.63) is 42.0 Å². The Kier molecular flexibility index (Phi) is 3.01. The van der Waals surface area contributed by atoms with E-state index in [1.54, 1.807) is 36.4 Å². The van der Waals surface area contributed by atoms with Crippen molar-refractivity contribution in [3.8, 4) is 6.07 Å². The average Bonchev–Trinajstić information content (AvgIpc) is 3.33. The molecule has 134 valence electrons. The maximum atomic E-state index is 13.1. The second-order valence-electron chi connectivity index (χ2n) is 6.99. The monoisotopic (exact) mass is 362 g/mol. The molecule has 0 unspecified atom stereocenters. The van der Waals surface area contributed by atoms with E-state index in [2.05, 4.69) is 6.07 Å². The van der Waals surface area contributed by atoms with Crippen molar-refractivity contribution >= 4 is 34.5 Å². The van der Waals surface area contributed by atoms with Gasteiger partial charge in [0.1, 0.15) is 6.04 Å². The lowest BCUT2D eigenvalue weighted by Gasteiger charge is -2.32. The fraction of sp³-hybridized carbons (Fsp3) is 0.263. The number of carbonyl (C=O) groups is 3. The lowest BCUT2D eigenvalue weighted by Crippen LogP contribution is -2.54. The van der Waals surface area contributed by atoms with Gasteiger partial charge in [-0.3, -0.25) is 4.79 Å². The van der Waals surface area contributed by atoms with Crippen LogP contribution in [0.5, 0.6) is 0 Å². The van der Waals surface area contributed by atoms with Crippen molar-refractivity contribution in [2.75, 3.05) is 11.4 Å². The third-order valence-electron chi connectivity index (χ3n) is 5.77. The SMILES string of the molecule is N#Cc1ccc(N2C(=O)[C@H]3[C@@H]4C[C@@H](CN4C(=O)O)N3C2=O)c2ccccc12. The summed E-state index contributed by atoms with van der Waals surface area (Å²) < 4.78 is 0. The highest BCUT2D eigenvalue weighted by Gasteiger charge is 2.63. The first kappa shape index (κ1) is 15.6. The summed E-state index contributed by atoms with van der Waals surface area (Å²) in [6.07, 6.45) is -0.569.